The van der Waals surface area contributed by atoms with Crippen molar-refractivity contribution in [3.8, 4) is 0 Å². The third kappa shape index (κ3) is 4.69. The second kappa shape index (κ2) is 8.79. The molecule has 1 aliphatic carbocycles. The van der Waals surface area contributed by atoms with Gasteiger partial charge in [-0.3, -0.25) is 14.9 Å². The maximum atomic E-state index is 13.0. The minimum absolute atomic E-state index is 0.180. The number of fused-ring (bicyclic) bond motifs is 1. The Morgan fingerprint density at radius 2 is 2.00 bits per heavy atom. The third-order valence-corrected chi connectivity index (χ3v) is 7.83. The van der Waals surface area contributed by atoms with E-state index in [9.17, 15) is 28.2 Å². The molecule has 0 amide bonds. The van der Waals surface area contributed by atoms with Gasteiger partial charge < -0.3 is 15.5 Å². The number of hydrogen-bond acceptors (Lipinski definition) is 8. The first-order valence-corrected chi connectivity index (χ1v) is 11.9. The number of alkyl halides is 3. The third-order valence-electron chi connectivity index (χ3n) is 6.36. The van der Waals surface area contributed by atoms with E-state index in [1.807, 2.05) is 0 Å². The van der Waals surface area contributed by atoms with Gasteiger partial charge in [-0.1, -0.05) is 0 Å². The summed E-state index contributed by atoms with van der Waals surface area (Å²) in [4.78, 5) is 23.1. The topological polar surface area (TPSA) is 136 Å². The largest absolute Gasteiger partial charge is 0.481 e. The van der Waals surface area contributed by atoms with Crippen LogP contribution in [-0.4, -0.2) is 53.5 Å². The van der Waals surface area contributed by atoms with Gasteiger partial charge >= 0.3 is 12.1 Å². The zero-order valence-electron chi connectivity index (χ0n) is 18.2. The summed E-state index contributed by atoms with van der Waals surface area (Å²) in [5.74, 6) is -1.46. The fraction of sp³-hybridized carbons (Fsp3) is 0.409. The summed E-state index contributed by atoms with van der Waals surface area (Å²) in [6.45, 7) is 0. The van der Waals surface area contributed by atoms with E-state index in [2.05, 4.69) is 30.5 Å². The molecule has 2 aliphatic rings. The van der Waals surface area contributed by atoms with Crippen LogP contribution in [0, 0.1) is 5.92 Å². The summed E-state index contributed by atoms with van der Waals surface area (Å²) in [6, 6.07) is 5.93. The van der Waals surface area contributed by atoms with Gasteiger partial charge in [0.05, 0.1) is 28.0 Å². The highest BCUT2D eigenvalue weighted by Gasteiger charge is 2.45. The van der Waals surface area contributed by atoms with Crippen molar-refractivity contribution in [1.29, 1.82) is 0 Å². The summed E-state index contributed by atoms with van der Waals surface area (Å²) in [5, 5.41) is 30.5. The van der Waals surface area contributed by atoms with Crippen LogP contribution in [0.1, 0.15) is 42.3 Å². The van der Waals surface area contributed by atoms with Crippen LogP contribution >= 0.6 is 11.8 Å². The van der Waals surface area contributed by atoms with E-state index in [-0.39, 0.29) is 11.2 Å². The van der Waals surface area contributed by atoms with Crippen molar-refractivity contribution in [2.24, 2.45) is 10.9 Å². The van der Waals surface area contributed by atoms with Crippen molar-refractivity contribution in [2.45, 2.75) is 48.1 Å². The molecule has 1 aromatic carbocycles. The lowest BCUT2D eigenvalue weighted by molar-refractivity contribution is -0.145. The Morgan fingerprint density at radius 1 is 1.23 bits per heavy atom. The first kappa shape index (κ1) is 23.5. The zero-order valence-corrected chi connectivity index (χ0v) is 19.0. The Bertz CT molecular complexity index is 1290. The Balaban J connectivity index is 1.33. The predicted molar refractivity (Wildman–Crippen MR) is 124 cm³/mol. The van der Waals surface area contributed by atoms with E-state index in [1.165, 1.54) is 11.8 Å². The highest BCUT2D eigenvalue weighted by Crippen LogP contribution is 2.47. The van der Waals surface area contributed by atoms with Crippen LogP contribution in [0.25, 0.3) is 10.9 Å². The highest BCUT2D eigenvalue weighted by atomic mass is 32.2. The van der Waals surface area contributed by atoms with Crippen LogP contribution in [0.2, 0.25) is 0 Å². The standard InChI is InChI=1S/C22H21F3N6O3S/c23-22(24,25)16-5-8-26-20(29-16)28-12-1-2-14-13(9-12)17(31-30-14)15-10-27-19(35-15)21(34)6-3-11(4-7-21)18(32)33/h1-2,5,8-11,15,19,34H,3-4,6-7H2,(H,30,31)(H,32,33)(H,26,28,29). The van der Waals surface area contributed by atoms with Crippen LogP contribution < -0.4 is 5.32 Å². The number of aliphatic hydroxyl groups is 1. The number of nitrogens with zero attached hydrogens (tertiary/aromatic N) is 4. The second-order valence-corrected chi connectivity index (χ2v) is 9.91. The molecule has 2 unspecified atom stereocenters. The number of anilines is 2. The molecule has 3 aromatic rings. The van der Waals surface area contributed by atoms with E-state index >= 15 is 0 Å². The number of benzene rings is 1. The molecule has 0 saturated heterocycles. The molecular formula is C22H21F3N6O3S. The van der Waals surface area contributed by atoms with Crippen LogP contribution in [0.15, 0.2) is 35.5 Å². The predicted octanol–water partition coefficient (Wildman–Crippen LogP) is 4.31. The Hall–Kier alpha value is -3.19. The van der Waals surface area contributed by atoms with Gasteiger partial charge in [0, 0.05) is 23.5 Å². The normalized spacial score (nSPS) is 26.8. The first-order valence-electron chi connectivity index (χ1n) is 10.9. The molecule has 13 heteroatoms. The fourth-order valence-electron chi connectivity index (χ4n) is 4.42. The number of carboxylic acids is 1. The van der Waals surface area contributed by atoms with Gasteiger partial charge in [-0.15, -0.1) is 11.8 Å². The number of aliphatic imine (C=N–C) groups is 1. The maximum Gasteiger partial charge on any atom is 0.433 e. The Labute approximate surface area is 201 Å². The molecule has 1 fully saturated rings. The minimum atomic E-state index is -4.58. The smallest absolute Gasteiger partial charge is 0.433 e. The van der Waals surface area contributed by atoms with Crippen molar-refractivity contribution in [3.63, 3.8) is 0 Å². The molecule has 4 N–H and O–H groups in total. The van der Waals surface area contributed by atoms with E-state index < -0.39 is 34.7 Å². The summed E-state index contributed by atoms with van der Waals surface area (Å²) in [7, 11) is 0. The Morgan fingerprint density at radius 3 is 2.71 bits per heavy atom. The average molecular weight is 507 g/mol. The quantitative estimate of drug-likeness (QED) is 0.402. The zero-order chi connectivity index (χ0) is 24.8. The number of nitrogens with one attached hydrogen (secondary N) is 2. The van der Waals surface area contributed by atoms with E-state index in [0.29, 0.717) is 36.9 Å². The van der Waals surface area contributed by atoms with Crippen LogP contribution in [0.4, 0.5) is 24.8 Å². The number of carboxylic acid groups (broad SMARTS) is 1. The Kier molecular flexibility index (Phi) is 5.91. The summed E-state index contributed by atoms with van der Waals surface area (Å²) in [5.41, 5.74) is -0.228. The second-order valence-electron chi connectivity index (χ2n) is 8.68. The molecule has 184 valence electrons. The molecule has 9 nitrogen and oxygen atoms in total. The van der Waals surface area contributed by atoms with E-state index in [0.717, 1.165) is 23.3 Å². The average Bonchev–Trinajstić information content (AvgIpc) is 3.46. The SMILES string of the molecule is O=C(O)C1CCC(O)(C2N=CC(c3[nH]nc4ccc(Nc5nccc(C(F)(F)F)n5)cc34)S2)CC1. The van der Waals surface area contributed by atoms with Gasteiger partial charge in [0.15, 0.2) is 0 Å². The minimum Gasteiger partial charge on any atom is -0.481 e. The molecule has 0 spiro atoms. The van der Waals surface area contributed by atoms with Crippen molar-refractivity contribution in [2.75, 3.05) is 5.32 Å². The molecule has 1 saturated carbocycles. The highest BCUT2D eigenvalue weighted by molar-refractivity contribution is 8.01. The number of rotatable bonds is 5. The summed E-state index contributed by atoms with van der Waals surface area (Å²) >= 11 is 1.45. The number of carbonyl (C=O) groups is 1. The number of H-pyrrole nitrogens is 1. The molecule has 3 heterocycles. The summed E-state index contributed by atoms with van der Waals surface area (Å²) in [6.07, 6.45) is -0.264. The number of thioether (sulfide) groups is 1. The monoisotopic (exact) mass is 506 g/mol. The molecule has 5 rings (SSSR count). The lowest BCUT2D eigenvalue weighted by Crippen LogP contribution is -2.43. The van der Waals surface area contributed by atoms with E-state index in [4.69, 9.17) is 0 Å². The van der Waals surface area contributed by atoms with Crippen molar-refractivity contribution < 1.29 is 28.2 Å². The van der Waals surface area contributed by atoms with Gasteiger partial charge in [0.1, 0.15) is 11.1 Å². The number of halogens is 3. The fourth-order valence-corrected chi connectivity index (χ4v) is 5.78. The summed E-state index contributed by atoms with van der Waals surface area (Å²) < 4.78 is 38.9. The van der Waals surface area contributed by atoms with Gasteiger partial charge in [-0.2, -0.15) is 18.3 Å². The molecule has 0 bridgehead atoms. The number of aliphatic carboxylic acids is 1. The van der Waals surface area contributed by atoms with Crippen molar-refractivity contribution in [3.05, 3.63) is 41.9 Å². The number of hydrogen-bond donors (Lipinski definition) is 4. The van der Waals surface area contributed by atoms with Crippen LogP contribution in [0.3, 0.4) is 0 Å². The molecule has 2 aromatic heterocycles. The van der Waals surface area contributed by atoms with Crippen molar-refractivity contribution >= 4 is 46.5 Å². The van der Waals surface area contributed by atoms with Crippen LogP contribution in [-0.2, 0) is 11.0 Å². The van der Waals surface area contributed by atoms with Crippen LogP contribution in [0.5, 0.6) is 0 Å². The number of aromatic nitrogens is 4. The first-order chi connectivity index (χ1) is 16.6. The molecular weight excluding hydrogens is 485 g/mol. The van der Waals surface area contributed by atoms with Crippen molar-refractivity contribution in [1.82, 2.24) is 20.2 Å². The van der Waals surface area contributed by atoms with Gasteiger partial charge in [0.2, 0.25) is 5.95 Å². The van der Waals surface area contributed by atoms with Gasteiger partial charge in [0.25, 0.3) is 0 Å². The number of aromatic amines is 1. The molecule has 35 heavy (non-hydrogen) atoms. The van der Waals surface area contributed by atoms with E-state index in [1.54, 1.807) is 24.4 Å². The van der Waals surface area contributed by atoms with Gasteiger partial charge in [-0.05, 0) is 49.9 Å². The molecule has 0 radical (unpaired) electrons. The lowest BCUT2D eigenvalue weighted by Gasteiger charge is -2.37. The maximum absolute atomic E-state index is 13.0. The van der Waals surface area contributed by atoms with Gasteiger partial charge in [-0.25, -0.2) is 9.97 Å². The lowest BCUT2D eigenvalue weighted by atomic mass is 9.78. The molecule has 2 atom stereocenters. The molecule has 1 aliphatic heterocycles.